The van der Waals surface area contributed by atoms with Gasteiger partial charge >= 0.3 is 0 Å². The van der Waals surface area contributed by atoms with Crippen molar-refractivity contribution in [3.8, 4) is 0 Å². The first kappa shape index (κ1) is 14.4. The van der Waals surface area contributed by atoms with Gasteiger partial charge in [-0.1, -0.05) is 32.9 Å². The van der Waals surface area contributed by atoms with Gasteiger partial charge in [0.1, 0.15) is 0 Å². The van der Waals surface area contributed by atoms with Crippen molar-refractivity contribution in [3.05, 3.63) is 28.7 Å². The van der Waals surface area contributed by atoms with Gasteiger partial charge in [-0.2, -0.15) is 0 Å². The lowest BCUT2D eigenvalue weighted by molar-refractivity contribution is 0.102. The molecule has 100 valence electrons. The fourth-order valence-electron chi connectivity index (χ4n) is 2.50. The number of hydrogen-bond acceptors (Lipinski definition) is 2. The lowest BCUT2D eigenvalue weighted by Gasteiger charge is -2.52. The summed E-state index contributed by atoms with van der Waals surface area (Å²) in [5.41, 5.74) is 6.45. The van der Waals surface area contributed by atoms with Crippen LogP contribution in [-0.4, -0.2) is 11.3 Å². The van der Waals surface area contributed by atoms with Crippen LogP contribution in [0.4, 0.5) is 0 Å². The first-order valence-corrected chi connectivity index (χ1v) is 8.11. The molecule has 1 aromatic rings. The average molecular weight is 328 g/mol. The molecule has 3 heteroatoms. The van der Waals surface area contributed by atoms with Gasteiger partial charge in [0.15, 0.2) is 0 Å². The molecule has 1 nitrogen and oxygen atoms in total. The Hall–Kier alpha value is 0.01000. The summed E-state index contributed by atoms with van der Waals surface area (Å²) in [6, 6.07) is 8.43. The summed E-state index contributed by atoms with van der Waals surface area (Å²) in [4.78, 5) is 1.32. The quantitative estimate of drug-likeness (QED) is 0.871. The van der Waals surface area contributed by atoms with Gasteiger partial charge in [0.2, 0.25) is 0 Å². The number of thioether (sulfide) groups is 1. The van der Waals surface area contributed by atoms with E-state index in [2.05, 4.69) is 61.0 Å². The third kappa shape index (κ3) is 2.94. The zero-order valence-electron chi connectivity index (χ0n) is 11.4. The topological polar surface area (TPSA) is 26.0 Å². The van der Waals surface area contributed by atoms with Crippen LogP contribution in [0.3, 0.4) is 0 Å². The van der Waals surface area contributed by atoms with E-state index in [9.17, 15) is 0 Å². The number of hydrogen-bond donors (Lipinski definition) is 1. The van der Waals surface area contributed by atoms with Crippen molar-refractivity contribution in [1.29, 1.82) is 0 Å². The molecule has 1 aliphatic rings. The molecule has 0 atom stereocenters. The van der Waals surface area contributed by atoms with Crippen molar-refractivity contribution in [2.75, 3.05) is 6.54 Å². The molecule has 18 heavy (non-hydrogen) atoms. The largest absolute Gasteiger partial charge is 0.329 e. The monoisotopic (exact) mass is 327 g/mol. The van der Waals surface area contributed by atoms with Crippen LogP contribution >= 0.6 is 27.7 Å². The minimum absolute atomic E-state index is 0.252. The zero-order chi connectivity index (χ0) is 13.4. The minimum Gasteiger partial charge on any atom is -0.329 e. The number of rotatable bonds is 3. The van der Waals surface area contributed by atoms with Gasteiger partial charge in [-0.05, 0) is 52.2 Å². The standard InChI is InChI=1S/C15H22BrNS/c1-14(2,3)11-8-15(9-11,10-17)18-13-7-5-4-6-12(13)16/h4-7,11H,8-10,17H2,1-3H3. The number of benzene rings is 1. The lowest BCUT2D eigenvalue weighted by atomic mass is 9.62. The Morgan fingerprint density at radius 1 is 1.33 bits per heavy atom. The molecular formula is C15H22BrNS. The highest BCUT2D eigenvalue weighted by molar-refractivity contribution is 9.10. The van der Waals surface area contributed by atoms with E-state index >= 15 is 0 Å². The van der Waals surface area contributed by atoms with Crippen LogP contribution in [0.1, 0.15) is 33.6 Å². The van der Waals surface area contributed by atoms with Crippen LogP contribution in [-0.2, 0) is 0 Å². The summed E-state index contributed by atoms with van der Waals surface area (Å²) < 4.78 is 1.43. The van der Waals surface area contributed by atoms with E-state index in [0.717, 1.165) is 12.5 Å². The first-order valence-electron chi connectivity index (χ1n) is 6.50. The van der Waals surface area contributed by atoms with Crippen molar-refractivity contribution >= 4 is 27.7 Å². The highest BCUT2D eigenvalue weighted by Gasteiger charge is 2.48. The van der Waals surface area contributed by atoms with Crippen molar-refractivity contribution in [2.24, 2.45) is 17.1 Å². The Labute approximate surface area is 123 Å². The van der Waals surface area contributed by atoms with E-state index < -0.39 is 0 Å². The van der Waals surface area contributed by atoms with Gasteiger partial charge in [-0.3, -0.25) is 0 Å². The van der Waals surface area contributed by atoms with E-state index in [4.69, 9.17) is 5.73 Å². The van der Waals surface area contributed by atoms with E-state index in [1.54, 1.807) is 0 Å². The second kappa shape index (κ2) is 5.18. The normalized spacial score (nSPS) is 27.9. The average Bonchev–Trinajstić information content (AvgIpc) is 2.24. The van der Waals surface area contributed by atoms with Crippen molar-refractivity contribution < 1.29 is 0 Å². The third-order valence-electron chi connectivity index (χ3n) is 4.00. The molecule has 1 fully saturated rings. The van der Waals surface area contributed by atoms with E-state index in [-0.39, 0.29) is 4.75 Å². The van der Waals surface area contributed by atoms with Gasteiger partial charge in [0.25, 0.3) is 0 Å². The molecule has 0 aliphatic heterocycles. The first-order chi connectivity index (χ1) is 8.36. The van der Waals surface area contributed by atoms with Crippen molar-refractivity contribution in [2.45, 2.75) is 43.3 Å². The van der Waals surface area contributed by atoms with Crippen LogP contribution in [0.25, 0.3) is 0 Å². The van der Waals surface area contributed by atoms with Crippen LogP contribution < -0.4 is 5.73 Å². The van der Waals surface area contributed by atoms with Crippen LogP contribution in [0, 0.1) is 11.3 Å². The molecule has 1 aromatic carbocycles. The van der Waals surface area contributed by atoms with E-state index in [1.165, 1.54) is 22.2 Å². The molecule has 0 radical (unpaired) electrons. The summed E-state index contributed by atoms with van der Waals surface area (Å²) in [7, 11) is 0. The fourth-order valence-corrected chi connectivity index (χ4v) is 4.46. The maximum absolute atomic E-state index is 6.04. The summed E-state index contributed by atoms with van der Waals surface area (Å²) in [5.74, 6) is 0.802. The Morgan fingerprint density at radius 3 is 2.44 bits per heavy atom. The lowest BCUT2D eigenvalue weighted by Crippen LogP contribution is -2.50. The smallest absolute Gasteiger partial charge is 0.0335 e. The van der Waals surface area contributed by atoms with Crippen LogP contribution in [0.15, 0.2) is 33.6 Å². The van der Waals surface area contributed by atoms with Gasteiger partial charge < -0.3 is 5.73 Å². The molecule has 0 saturated heterocycles. The Balaban J connectivity index is 2.07. The Kier molecular flexibility index (Phi) is 4.15. The summed E-state index contributed by atoms with van der Waals surface area (Å²) in [5, 5.41) is 0. The third-order valence-corrected chi connectivity index (χ3v) is 6.46. The SMILES string of the molecule is CC(C)(C)C1CC(CN)(Sc2ccccc2Br)C1. The summed E-state index contributed by atoms with van der Waals surface area (Å²) in [6.07, 6.45) is 2.47. The molecule has 0 heterocycles. The van der Waals surface area contributed by atoms with Gasteiger partial charge in [0.05, 0.1) is 0 Å². The molecule has 0 amide bonds. The molecule has 1 aliphatic carbocycles. The highest BCUT2D eigenvalue weighted by atomic mass is 79.9. The van der Waals surface area contributed by atoms with Gasteiger partial charge in [0, 0.05) is 20.7 Å². The summed E-state index contributed by atoms with van der Waals surface area (Å²) >= 11 is 5.58. The van der Waals surface area contributed by atoms with Crippen LogP contribution in [0.5, 0.6) is 0 Å². The summed E-state index contributed by atoms with van der Waals surface area (Å²) in [6.45, 7) is 7.77. The maximum atomic E-state index is 6.04. The predicted molar refractivity (Wildman–Crippen MR) is 84.0 cm³/mol. The molecule has 0 spiro atoms. The van der Waals surface area contributed by atoms with Crippen molar-refractivity contribution in [1.82, 2.24) is 0 Å². The highest BCUT2D eigenvalue weighted by Crippen LogP contribution is 2.56. The number of nitrogens with two attached hydrogens (primary N) is 1. The van der Waals surface area contributed by atoms with Gasteiger partial charge in [-0.15, -0.1) is 11.8 Å². The number of halogens is 1. The zero-order valence-corrected chi connectivity index (χ0v) is 13.8. The van der Waals surface area contributed by atoms with Crippen molar-refractivity contribution in [3.63, 3.8) is 0 Å². The molecule has 0 bridgehead atoms. The molecular weight excluding hydrogens is 306 g/mol. The molecule has 2 rings (SSSR count). The molecule has 0 unspecified atom stereocenters. The Bertz CT molecular complexity index is 419. The van der Waals surface area contributed by atoms with E-state index in [1.807, 2.05) is 11.8 Å². The molecule has 1 saturated carbocycles. The fraction of sp³-hybridized carbons (Fsp3) is 0.600. The molecule has 0 aromatic heterocycles. The molecule has 2 N–H and O–H groups in total. The second-order valence-corrected chi connectivity index (χ2v) is 8.76. The minimum atomic E-state index is 0.252. The second-order valence-electron chi connectivity index (χ2n) is 6.39. The Morgan fingerprint density at radius 2 is 1.94 bits per heavy atom. The van der Waals surface area contributed by atoms with E-state index in [0.29, 0.717) is 5.41 Å². The predicted octanol–water partition coefficient (Wildman–Crippen LogP) is 4.69. The van der Waals surface area contributed by atoms with Crippen LogP contribution in [0.2, 0.25) is 0 Å². The van der Waals surface area contributed by atoms with Gasteiger partial charge in [-0.25, -0.2) is 0 Å². The maximum Gasteiger partial charge on any atom is 0.0335 e.